The van der Waals surface area contributed by atoms with Crippen LogP contribution >= 0.6 is 23.8 Å². The highest BCUT2D eigenvalue weighted by Crippen LogP contribution is 2.29. The van der Waals surface area contributed by atoms with E-state index in [0.29, 0.717) is 23.5 Å². The molecular weight excluding hydrogens is 476 g/mol. The number of piperidine rings is 1. The maximum Gasteiger partial charge on any atom is 0.232 e. The Labute approximate surface area is 217 Å². The molecule has 0 aliphatic carbocycles. The summed E-state index contributed by atoms with van der Waals surface area (Å²) in [6.07, 6.45) is 3.46. The molecule has 2 aromatic carbocycles. The second-order valence-electron chi connectivity index (χ2n) is 9.48. The molecule has 1 fully saturated rings. The Kier molecular flexibility index (Phi) is 7.35. The lowest BCUT2D eigenvalue weighted by molar-refractivity contribution is 0.444. The van der Waals surface area contributed by atoms with E-state index in [-0.39, 0.29) is 0 Å². The number of anilines is 3. The molecule has 1 atom stereocenters. The molecule has 2 aliphatic heterocycles. The molecule has 0 bridgehead atoms. The van der Waals surface area contributed by atoms with Crippen molar-refractivity contribution in [1.29, 1.82) is 0 Å². The smallest absolute Gasteiger partial charge is 0.232 e. The minimum Gasteiger partial charge on any atom is -0.358 e. The van der Waals surface area contributed by atoms with E-state index >= 15 is 0 Å². The van der Waals surface area contributed by atoms with Gasteiger partial charge in [0.1, 0.15) is 11.6 Å². The zero-order valence-electron chi connectivity index (χ0n) is 20.0. The van der Waals surface area contributed by atoms with Crippen molar-refractivity contribution in [3.63, 3.8) is 0 Å². The fourth-order valence-corrected chi connectivity index (χ4v) is 5.11. The van der Waals surface area contributed by atoms with Crippen molar-refractivity contribution in [3.8, 4) is 0 Å². The van der Waals surface area contributed by atoms with Crippen molar-refractivity contribution < 1.29 is 0 Å². The van der Waals surface area contributed by atoms with Crippen LogP contribution in [0.2, 0.25) is 5.02 Å². The molecule has 35 heavy (non-hydrogen) atoms. The van der Waals surface area contributed by atoms with Gasteiger partial charge in [-0.25, -0.2) is 0 Å². The Balaban J connectivity index is 1.35. The van der Waals surface area contributed by atoms with E-state index in [2.05, 4.69) is 57.7 Å². The van der Waals surface area contributed by atoms with E-state index in [1.807, 2.05) is 24.3 Å². The molecule has 0 saturated carbocycles. The highest BCUT2D eigenvalue weighted by atomic mass is 35.5. The normalized spacial score (nSPS) is 17.6. The second kappa shape index (κ2) is 10.8. The Morgan fingerprint density at radius 3 is 2.54 bits per heavy atom. The van der Waals surface area contributed by atoms with Gasteiger partial charge in [0.25, 0.3) is 0 Å². The van der Waals surface area contributed by atoms with Crippen molar-refractivity contribution in [3.05, 3.63) is 76.3 Å². The molecule has 0 unspecified atom stereocenters. The first-order valence-corrected chi connectivity index (χ1v) is 13.1. The van der Waals surface area contributed by atoms with Gasteiger partial charge in [0.05, 0.1) is 0 Å². The zero-order valence-corrected chi connectivity index (χ0v) is 21.6. The average Bonchev–Trinajstić information content (AvgIpc) is 2.88. The van der Waals surface area contributed by atoms with Gasteiger partial charge in [-0.15, -0.1) is 0 Å². The number of hydrogen-bond acceptors (Lipinski definition) is 5. The maximum atomic E-state index is 5.99. The summed E-state index contributed by atoms with van der Waals surface area (Å²) in [5, 5.41) is 7.71. The van der Waals surface area contributed by atoms with E-state index in [4.69, 9.17) is 33.8 Å². The Bertz CT molecular complexity index is 1180. The van der Waals surface area contributed by atoms with Gasteiger partial charge in [-0.2, -0.15) is 9.97 Å². The van der Waals surface area contributed by atoms with Gasteiger partial charge >= 0.3 is 0 Å². The molecule has 2 N–H and O–H groups in total. The number of nitrogens with zero attached hydrogens (tertiary/aromatic N) is 4. The van der Waals surface area contributed by atoms with E-state index in [1.54, 1.807) is 0 Å². The average molecular weight is 507 g/mol. The molecule has 1 saturated heterocycles. The van der Waals surface area contributed by atoms with Crippen LogP contribution < -0.4 is 20.4 Å². The van der Waals surface area contributed by atoms with Crippen molar-refractivity contribution in [1.82, 2.24) is 15.3 Å². The number of halogens is 1. The first-order valence-electron chi connectivity index (χ1n) is 12.3. The monoisotopic (exact) mass is 506 g/mol. The van der Waals surface area contributed by atoms with Crippen LogP contribution in [0.4, 0.5) is 17.6 Å². The molecule has 3 heterocycles. The van der Waals surface area contributed by atoms with Gasteiger partial charge in [0.15, 0.2) is 5.11 Å². The van der Waals surface area contributed by atoms with Crippen molar-refractivity contribution >= 4 is 46.5 Å². The van der Waals surface area contributed by atoms with Crippen LogP contribution in [0.3, 0.4) is 0 Å². The Morgan fingerprint density at radius 2 is 1.77 bits per heavy atom. The largest absolute Gasteiger partial charge is 0.358 e. The number of fused-ring (bicyclic) bond motifs is 1. The van der Waals surface area contributed by atoms with Gasteiger partial charge in [0.2, 0.25) is 5.95 Å². The summed E-state index contributed by atoms with van der Waals surface area (Å²) in [6, 6.07) is 18.5. The summed E-state index contributed by atoms with van der Waals surface area (Å²) in [6.45, 7) is 6.72. The Morgan fingerprint density at radius 1 is 1.03 bits per heavy atom. The van der Waals surface area contributed by atoms with Gasteiger partial charge in [-0.1, -0.05) is 54.9 Å². The number of nitrogens with one attached hydrogen (secondary N) is 2. The second-order valence-corrected chi connectivity index (χ2v) is 10.3. The molecule has 0 spiro atoms. The topological polar surface area (TPSA) is 56.3 Å². The summed E-state index contributed by atoms with van der Waals surface area (Å²) in [7, 11) is 0. The van der Waals surface area contributed by atoms with Gasteiger partial charge in [0, 0.05) is 43.8 Å². The fourth-order valence-electron chi connectivity index (χ4n) is 4.82. The lowest BCUT2D eigenvalue weighted by atomic mass is 10.00. The highest BCUT2D eigenvalue weighted by Gasteiger charge is 2.23. The predicted octanol–water partition coefficient (Wildman–Crippen LogP) is 5.42. The summed E-state index contributed by atoms with van der Waals surface area (Å²) in [5.74, 6) is 3.08. The molecule has 1 aromatic heterocycles. The van der Waals surface area contributed by atoms with Crippen molar-refractivity contribution in [2.45, 2.75) is 39.3 Å². The number of thiocarbonyl (C=S) groups is 1. The van der Waals surface area contributed by atoms with Crippen LogP contribution in [-0.2, 0) is 19.5 Å². The SMILES string of the molecule is C[C@@H]1CCCN(c2cc(N3CCc4ccccc4C3)nc(NC(=S)NCc3ccc(Cl)cc3)n2)C1. The van der Waals surface area contributed by atoms with Crippen LogP contribution in [0.25, 0.3) is 0 Å². The molecule has 5 rings (SSSR count). The van der Waals surface area contributed by atoms with Crippen LogP contribution in [0, 0.1) is 5.92 Å². The third-order valence-corrected chi connectivity index (χ3v) is 7.22. The number of hydrogen-bond donors (Lipinski definition) is 2. The van der Waals surface area contributed by atoms with Gasteiger partial charge in [-0.3, -0.25) is 0 Å². The first-order chi connectivity index (χ1) is 17.0. The standard InChI is InChI=1S/C27H31ClN6S/c1-19-5-4-13-33(17-19)24-15-25(34-14-12-21-6-2-3-7-22(21)18-34)31-26(30-24)32-27(35)29-16-20-8-10-23(28)11-9-20/h2-3,6-11,15,19H,4-5,12-14,16-18H2,1H3,(H2,29,30,31,32,35)/t19-/m1/s1. The van der Waals surface area contributed by atoms with E-state index in [9.17, 15) is 0 Å². The highest BCUT2D eigenvalue weighted by molar-refractivity contribution is 7.80. The number of benzene rings is 2. The summed E-state index contributed by atoms with van der Waals surface area (Å²) >= 11 is 11.6. The molecule has 6 nitrogen and oxygen atoms in total. The summed E-state index contributed by atoms with van der Waals surface area (Å²) < 4.78 is 0. The molecule has 0 radical (unpaired) electrons. The third kappa shape index (κ3) is 6.03. The van der Waals surface area contributed by atoms with Gasteiger partial charge < -0.3 is 20.4 Å². The molecule has 0 amide bonds. The summed E-state index contributed by atoms with van der Waals surface area (Å²) in [5.41, 5.74) is 3.89. The quantitative estimate of drug-likeness (QED) is 0.448. The molecular formula is C27H31ClN6S. The van der Waals surface area contributed by atoms with E-state index in [1.165, 1.54) is 24.0 Å². The predicted molar refractivity (Wildman–Crippen MR) is 148 cm³/mol. The fraction of sp³-hybridized carbons (Fsp3) is 0.370. The van der Waals surface area contributed by atoms with Crippen LogP contribution in [0.5, 0.6) is 0 Å². The number of aromatic nitrogens is 2. The van der Waals surface area contributed by atoms with Gasteiger partial charge in [-0.05, 0) is 66.2 Å². The minimum absolute atomic E-state index is 0.499. The van der Waals surface area contributed by atoms with Crippen molar-refractivity contribution in [2.24, 2.45) is 5.92 Å². The van der Waals surface area contributed by atoms with Crippen molar-refractivity contribution in [2.75, 3.05) is 34.8 Å². The third-order valence-electron chi connectivity index (χ3n) is 6.73. The summed E-state index contributed by atoms with van der Waals surface area (Å²) in [4.78, 5) is 14.5. The lowest BCUT2D eigenvalue weighted by Gasteiger charge is -2.34. The van der Waals surface area contributed by atoms with Crippen LogP contribution in [-0.4, -0.2) is 34.7 Å². The molecule has 3 aromatic rings. The maximum absolute atomic E-state index is 5.99. The first kappa shape index (κ1) is 23.8. The molecule has 8 heteroatoms. The zero-order chi connectivity index (χ0) is 24.2. The Hall–Kier alpha value is -2.90. The molecule has 182 valence electrons. The van der Waals surface area contributed by atoms with E-state index < -0.39 is 0 Å². The van der Waals surface area contributed by atoms with Crippen LogP contribution in [0.1, 0.15) is 36.5 Å². The molecule has 2 aliphatic rings. The van der Waals surface area contributed by atoms with E-state index in [0.717, 1.165) is 54.8 Å². The van der Waals surface area contributed by atoms with Crippen LogP contribution in [0.15, 0.2) is 54.6 Å². The lowest BCUT2D eigenvalue weighted by Crippen LogP contribution is -2.36. The number of rotatable bonds is 5. The minimum atomic E-state index is 0.499.